The van der Waals surface area contributed by atoms with Crippen LogP contribution in [0.5, 0.6) is 0 Å². The fraction of sp³-hybridized carbons (Fsp3) is 0.269. The van der Waals surface area contributed by atoms with E-state index in [4.69, 9.17) is 0 Å². The first kappa shape index (κ1) is 20.0. The molecular weight excluding hydrogens is 372 g/mol. The van der Waals surface area contributed by atoms with Crippen LogP contribution in [0.3, 0.4) is 0 Å². The minimum absolute atomic E-state index is 0.179. The lowest BCUT2D eigenvalue weighted by atomic mass is 9.72. The van der Waals surface area contributed by atoms with Gasteiger partial charge in [-0.3, -0.25) is 14.9 Å². The van der Waals surface area contributed by atoms with Gasteiger partial charge in [0.15, 0.2) is 11.4 Å². The van der Waals surface area contributed by atoms with Crippen molar-refractivity contribution in [3.63, 3.8) is 0 Å². The Morgan fingerprint density at radius 2 is 1.53 bits per heavy atom. The van der Waals surface area contributed by atoms with Gasteiger partial charge in [0.05, 0.1) is 5.41 Å². The lowest BCUT2D eigenvalue weighted by Crippen LogP contribution is -2.51. The van der Waals surface area contributed by atoms with E-state index in [0.29, 0.717) is 19.3 Å². The maximum Gasteiger partial charge on any atom is 0.237 e. The van der Waals surface area contributed by atoms with Crippen LogP contribution in [0.25, 0.3) is 16.8 Å². The molecular formula is C26H27N2O2+. The highest BCUT2D eigenvalue weighted by Crippen LogP contribution is 2.36. The molecule has 0 radical (unpaired) electrons. The second-order valence-electron chi connectivity index (χ2n) is 8.09. The average Bonchev–Trinajstić information content (AvgIpc) is 2.75. The standard InChI is InChI=1S/C26H26N2O2/c1-4-26(15-14-24(29)27-25(26)30)22-10-12-23(13-11-22)28-18(2)16-21(17-19(28)3)20-8-6-5-7-9-20/h5-13,16-17H,4,14-15H2,1-3H3/p+1/t26-/m0/s1. The van der Waals surface area contributed by atoms with Crippen molar-refractivity contribution in [3.8, 4) is 16.8 Å². The van der Waals surface area contributed by atoms with E-state index in [1.807, 2.05) is 25.1 Å². The van der Waals surface area contributed by atoms with Crippen LogP contribution in [0.4, 0.5) is 0 Å². The monoisotopic (exact) mass is 399 g/mol. The minimum Gasteiger partial charge on any atom is -0.296 e. The predicted molar refractivity (Wildman–Crippen MR) is 117 cm³/mol. The maximum atomic E-state index is 12.7. The van der Waals surface area contributed by atoms with Gasteiger partial charge in [-0.05, 0) is 29.5 Å². The summed E-state index contributed by atoms with van der Waals surface area (Å²) in [7, 11) is 0. The summed E-state index contributed by atoms with van der Waals surface area (Å²) in [6.07, 6.45) is 1.61. The first-order chi connectivity index (χ1) is 14.4. The Morgan fingerprint density at radius 1 is 0.900 bits per heavy atom. The topological polar surface area (TPSA) is 50.0 Å². The smallest absolute Gasteiger partial charge is 0.237 e. The molecule has 4 rings (SSSR count). The van der Waals surface area contributed by atoms with E-state index in [1.165, 1.54) is 11.1 Å². The summed E-state index contributed by atoms with van der Waals surface area (Å²) >= 11 is 0. The number of aryl methyl sites for hydroxylation is 2. The van der Waals surface area contributed by atoms with Crippen LogP contribution in [0, 0.1) is 13.8 Å². The van der Waals surface area contributed by atoms with Crippen molar-refractivity contribution in [2.45, 2.75) is 45.4 Å². The van der Waals surface area contributed by atoms with Crippen LogP contribution < -0.4 is 9.88 Å². The Morgan fingerprint density at radius 3 is 2.10 bits per heavy atom. The van der Waals surface area contributed by atoms with Crippen molar-refractivity contribution in [1.29, 1.82) is 0 Å². The third kappa shape index (κ3) is 3.43. The Balaban J connectivity index is 1.69. The maximum absolute atomic E-state index is 12.7. The summed E-state index contributed by atoms with van der Waals surface area (Å²) in [5.41, 5.74) is 6.10. The van der Waals surface area contributed by atoms with E-state index in [1.54, 1.807) is 0 Å². The molecule has 1 saturated heterocycles. The van der Waals surface area contributed by atoms with Gasteiger partial charge < -0.3 is 0 Å². The second kappa shape index (κ2) is 7.86. The molecule has 1 atom stereocenters. The SMILES string of the molecule is CC[C@@]1(c2ccc(-[n+]3c(C)cc(-c4ccccc4)cc3C)cc2)CCC(=O)NC1=O. The van der Waals surface area contributed by atoms with Gasteiger partial charge in [-0.1, -0.05) is 49.4 Å². The summed E-state index contributed by atoms with van der Waals surface area (Å²) in [5.74, 6) is -0.359. The second-order valence-corrected chi connectivity index (χ2v) is 8.09. The van der Waals surface area contributed by atoms with Crippen molar-refractivity contribution in [2.75, 3.05) is 0 Å². The molecule has 4 nitrogen and oxygen atoms in total. The highest BCUT2D eigenvalue weighted by atomic mass is 16.2. The zero-order chi connectivity index (χ0) is 21.3. The summed E-state index contributed by atoms with van der Waals surface area (Å²) < 4.78 is 2.22. The molecule has 2 heterocycles. The normalized spacial score (nSPS) is 18.9. The van der Waals surface area contributed by atoms with E-state index in [9.17, 15) is 9.59 Å². The molecule has 2 aromatic carbocycles. The minimum atomic E-state index is -0.627. The van der Waals surface area contributed by atoms with Gasteiger partial charge in [-0.25, -0.2) is 0 Å². The van der Waals surface area contributed by atoms with Crippen LogP contribution in [0.1, 0.15) is 43.1 Å². The van der Waals surface area contributed by atoms with Crippen LogP contribution in [-0.4, -0.2) is 11.8 Å². The number of aromatic nitrogens is 1. The Kier molecular flexibility index (Phi) is 5.25. The third-order valence-electron chi connectivity index (χ3n) is 6.29. The number of carbonyl (C=O) groups excluding carboxylic acids is 2. The van der Waals surface area contributed by atoms with Gasteiger partial charge in [0.2, 0.25) is 17.5 Å². The molecule has 1 aromatic heterocycles. The molecule has 152 valence electrons. The summed E-state index contributed by atoms with van der Waals surface area (Å²) in [6, 6.07) is 23.0. The van der Waals surface area contributed by atoms with Gasteiger partial charge in [-0.15, -0.1) is 0 Å². The average molecular weight is 400 g/mol. The van der Waals surface area contributed by atoms with Crippen LogP contribution >= 0.6 is 0 Å². The molecule has 1 aliphatic heterocycles. The number of imide groups is 1. The summed E-state index contributed by atoms with van der Waals surface area (Å²) in [5, 5.41) is 2.52. The van der Waals surface area contributed by atoms with E-state index < -0.39 is 5.41 Å². The zero-order valence-electron chi connectivity index (χ0n) is 17.7. The number of rotatable bonds is 4. The molecule has 0 bridgehead atoms. The molecule has 1 N–H and O–H groups in total. The molecule has 0 aliphatic carbocycles. The summed E-state index contributed by atoms with van der Waals surface area (Å²) in [4.78, 5) is 24.3. The van der Waals surface area contributed by atoms with Gasteiger partial charge in [0.1, 0.15) is 0 Å². The molecule has 2 amide bonds. The number of hydrogen-bond acceptors (Lipinski definition) is 2. The Labute approximate surface area is 177 Å². The van der Waals surface area contributed by atoms with E-state index >= 15 is 0 Å². The molecule has 0 unspecified atom stereocenters. The first-order valence-corrected chi connectivity index (χ1v) is 10.5. The van der Waals surface area contributed by atoms with Crippen molar-refractivity contribution in [3.05, 3.63) is 83.7 Å². The molecule has 1 aliphatic rings. The molecule has 0 saturated carbocycles. The zero-order valence-corrected chi connectivity index (χ0v) is 17.7. The molecule has 4 heteroatoms. The first-order valence-electron chi connectivity index (χ1n) is 10.5. The third-order valence-corrected chi connectivity index (χ3v) is 6.29. The highest BCUT2D eigenvalue weighted by molar-refractivity contribution is 6.03. The van der Waals surface area contributed by atoms with E-state index in [2.05, 4.69) is 72.3 Å². The number of nitrogens with one attached hydrogen (secondary N) is 1. The fourth-order valence-electron chi connectivity index (χ4n) is 4.60. The number of amides is 2. The van der Waals surface area contributed by atoms with Crippen molar-refractivity contribution >= 4 is 11.8 Å². The highest BCUT2D eigenvalue weighted by Gasteiger charge is 2.42. The number of pyridine rings is 1. The molecule has 3 aromatic rings. The van der Waals surface area contributed by atoms with Crippen LogP contribution in [-0.2, 0) is 15.0 Å². The lowest BCUT2D eigenvalue weighted by molar-refractivity contribution is -0.609. The Hall–Kier alpha value is -3.27. The van der Waals surface area contributed by atoms with Crippen molar-refractivity contribution < 1.29 is 14.2 Å². The predicted octanol–water partition coefficient (Wildman–Crippen LogP) is 4.33. The molecule has 1 fully saturated rings. The van der Waals surface area contributed by atoms with E-state index in [-0.39, 0.29) is 11.8 Å². The number of hydrogen-bond donors (Lipinski definition) is 1. The van der Waals surface area contributed by atoms with Crippen LogP contribution in [0.15, 0.2) is 66.7 Å². The van der Waals surface area contributed by atoms with Crippen molar-refractivity contribution in [2.24, 2.45) is 0 Å². The van der Waals surface area contributed by atoms with Gasteiger partial charge >= 0.3 is 0 Å². The van der Waals surface area contributed by atoms with E-state index in [0.717, 1.165) is 22.6 Å². The number of benzene rings is 2. The largest absolute Gasteiger partial charge is 0.296 e. The van der Waals surface area contributed by atoms with Gasteiger partial charge in [0.25, 0.3) is 0 Å². The van der Waals surface area contributed by atoms with Crippen molar-refractivity contribution in [1.82, 2.24) is 5.32 Å². The number of carbonyl (C=O) groups is 2. The Bertz CT molecular complexity index is 1080. The quantitative estimate of drug-likeness (QED) is 0.524. The van der Waals surface area contributed by atoms with Gasteiger partial charge in [0, 0.05) is 44.5 Å². The number of nitrogens with zero attached hydrogens (tertiary/aromatic N) is 1. The molecule has 30 heavy (non-hydrogen) atoms. The number of piperidine rings is 1. The molecule has 0 spiro atoms. The van der Waals surface area contributed by atoms with Crippen LogP contribution in [0.2, 0.25) is 0 Å². The van der Waals surface area contributed by atoms with Gasteiger partial charge in [-0.2, -0.15) is 4.57 Å². The summed E-state index contributed by atoms with van der Waals surface area (Å²) in [6.45, 7) is 6.23. The fourth-order valence-corrected chi connectivity index (χ4v) is 4.60. The lowest BCUT2D eigenvalue weighted by Gasteiger charge is -2.34.